The molecule has 0 saturated heterocycles. The van der Waals surface area contributed by atoms with E-state index < -0.39 is 24.4 Å². The first-order valence-corrected chi connectivity index (χ1v) is 6.60. The molecule has 1 aliphatic carbocycles. The molecule has 0 amide bonds. The van der Waals surface area contributed by atoms with Crippen LogP contribution in [0.25, 0.3) is 11.0 Å². The molecule has 2 aromatic heterocycles. The van der Waals surface area contributed by atoms with Gasteiger partial charge < -0.3 is 25.6 Å². The molecule has 1 saturated carbocycles. The molecule has 102 valence electrons. The molecule has 5 N–H and O–H groups in total. The largest absolute Gasteiger partial charge is 0.390 e. The Labute approximate surface area is 116 Å². The average Bonchev–Trinajstić information content (AvgIpc) is 2.92. The van der Waals surface area contributed by atoms with Crippen molar-refractivity contribution in [3.63, 3.8) is 0 Å². The Hall–Kier alpha value is -1.22. The maximum Gasteiger partial charge on any atom is 0.151 e. The van der Waals surface area contributed by atoms with Gasteiger partial charge in [-0.05, 0) is 22.4 Å². The van der Waals surface area contributed by atoms with Gasteiger partial charge in [-0.3, -0.25) is 0 Å². The first-order chi connectivity index (χ1) is 9.00. The number of hydrogen-bond donors (Lipinski definition) is 4. The third-order valence-corrected chi connectivity index (χ3v) is 4.14. The number of nitrogens with two attached hydrogens (primary N) is 1. The van der Waals surface area contributed by atoms with E-state index in [9.17, 15) is 15.3 Å². The Morgan fingerprint density at radius 1 is 1.26 bits per heavy atom. The summed E-state index contributed by atoms with van der Waals surface area (Å²) < 4.78 is 2.40. The van der Waals surface area contributed by atoms with Crippen LogP contribution in [0.15, 0.2) is 17.0 Å². The van der Waals surface area contributed by atoms with Crippen molar-refractivity contribution in [3.8, 4) is 0 Å². The van der Waals surface area contributed by atoms with Crippen molar-refractivity contribution in [1.82, 2.24) is 14.5 Å². The van der Waals surface area contributed by atoms with Crippen LogP contribution in [0.3, 0.4) is 0 Å². The number of halogens is 1. The normalized spacial score (nSPS) is 31.2. The standard InChI is InChI=1S/C11H13BrN4O3/c12-4-2-14-11(13)7-8(4)16(3-15-7)5-1-6(17)10(19)9(5)18/h2-3,5-6,9-10,17-19H,1H2,(H2,13,14)/t5-,6+,9+,10-/m1/s1. The SMILES string of the molecule is Nc1ncc(Br)c2c1ncn2[C@@H]1C[C@H](O)[C@@H](O)[C@H]1O. The lowest BCUT2D eigenvalue weighted by molar-refractivity contribution is -0.0244. The molecule has 7 nitrogen and oxygen atoms in total. The van der Waals surface area contributed by atoms with Gasteiger partial charge >= 0.3 is 0 Å². The Balaban J connectivity index is 2.14. The van der Waals surface area contributed by atoms with Gasteiger partial charge in [-0.25, -0.2) is 9.97 Å². The molecular weight excluding hydrogens is 316 g/mol. The fourth-order valence-electron chi connectivity index (χ4n) is 2.54. The molecule has 0 aliphatic heterocycles. The van der Waals surface area contributed by atoms with Crippen LogP contribution in [-0.4, -0.2) is 48.2 Å². The van der Waals surface area contributed by atoms with Crippen molar-refractivity contribution in [2.75, 3.05) is 5.73 Å². The van der Waals surface area contributed by atoms with Crippen LogP contribution in [0, 0.1) is 0 Å². The number of nitrogens with zero attached hydrogens (tertiary/aromatic N) is 3. The molecule has 1 fully saturated rings. The zero-order valence-electron chi connectivity index (χ0n) is 9.81. The van der Waals surface area contributed by atoms with E-state index in [1.54, 1.807) is 10.8 Å². The first-order valence-electron chi connectivity index (χ1n) is 5.81. The molecule has 3 rings (SSSR count). The predicted molar refractivity (Wildman–Crippen MR) is 71.3 cm³/mol. The van der Waals surface area contributed by atoms with Gasteiger partial charge in [0.05, 0.1) is 28.5 Å². The molecular formula is C11H13BrN4O3. The molecule has 0 aromatic carbocycles. The highest BCUT2D eigenvalue weighted by molar-refractivity contribution is 9.10. The van der Waals surface area contributed by atoms with Gasteiger partial charge in [-0.2, -0.15) is 0 Å². The molecule has 0 radical (unpaired) electrons. The predicted octanol–water partition coefficient (Wildman–Crippen LogP) is -0.196. The van der Waals surface area contributed by atoms with Gasteiger partial charge in [0.2, 0.25) is 0 Å². The van der Waals surface area contributed by atoms with E-state index in [4.69, 9.17) is 5.73 Å². The number of fused-ring (bicyclic) bond motifs is 1. The second-order valence-electron chi connectivity index (χ2n) is 4.69. The maximum absolute atomic E-state index is 10.00. The van der Waals surface area contributed by atoms with E-state index in [1.807, 2.05) is 0 Å². The number of aliphatic hydroxyl groups excluding tert-OH is 3. The number of aliphatic hydroxyl groups is 3. The van der Waals surface area contributed by atoms with E-state index in [0.29, 0.717) is 21.3 Å². The highest BCUT2D eigenvalue weighted by atomic mass is 79.9. The molecule has 8 heteroatoms. The Morgan fingerprint density at radius 2 is 2.00 bits per heavy atom. The Morgan fingerprint density at radius 3 is 2.63 bits per heavy atom. The van der Waals surface area contributed by atoms with Gasteiger partial charge in [0.25, 0.3) is 0 Å². The first kappa shape index (κ1) is 12.8. The zero-order chi connectivity index (χ0) is 13.7. The minimum atomic E-state index is -1.15. The molecule has 2 heterocycles. The van der Waals surface area contributed by atoms with E-state index in [2.05, 4.69) is 25.9 Å². The lowest BCUT2D eigenvalue weighted by Crippen LogP contribution is -2.31. The summed E-state index contributed by atoms with van der Waals surface area (Å²) in [4.78, 5) is 8.17. The summed E-state index contributed by atoms with van der Waals surface area (Å²) in [6, 6.07) is -0.451. The monoisotopic (exact) mass is 328 g/mol. The maximum atomic E-state index is 10.00. The van der Waals surface area contributed by atoms with Gasteiger partial charge in [0, 0.05) is 6.20 Å². The number of imidazole rings is 1. The van der Waals surface area contributed by atoms with Gasteiger partial charge in [-0.15, -0.1) is 0 Å². The third-order valence-electron chi connectivity index (χ3n) is 3.56. The van der Waals surface area contributed by atoms with Crippen LogP contribution in [0.2, 0.25) is 0 Å². The number of nitrogen functional groups attached to an aromatic ring is 1. The molecule has 0 bridgehead atoms. The van der Waals surface area contributed by atoms with Crippen LogP contribution in [0.5, 0.6) is 0 Å². The number of aromatic nitrogens is 3. The highest BCUT2D eigenvalue weighted by Gasteiger charge is 2.42. The van der Waals surface area contributed by atoms with E-state index in [0.717, 1.165) is 0 Å². The van der Waals surface area contributed by atoms with Crippen LogP contribution >= 0.6 is 15.9 Å². The fourth-order valence-corrected chi connectivity index (χ4v) is 3.04. The number of anilines is 1. The average molecular weight is 329 g/mol. The zero-order valence-corrected chi connectivity index (χ0v) is 11.4. The van der Waals surface area contributed by atoms with E-state index in [-0.39, 0.29) is 6.42 Å². The minimum Gasteiger partial charge on any atom is -0.390 e. The molecule has 0 spiro atoms. The van der Waals surface area contributed by atoms with Crippen LogP contribution in [-0.2, 0) is 0 Å². The lowest BCUT2D eigenvalue weighted by atomic mass is 10.2. The van der Waals surface area contributed by atoms with Crippen molar-refractivity contribution in [2.45, 2.75) is 30.8 Å². The molecule has 1 aliphatic rings. The Kier molecular flexibility index (Phi) is 2.97. The molecule has 0 unspecified atom stereocenters. The number of pyridine rings is 1. The van der Waals surface area contributed by atoms with Crippen molar-refractivity contribution >= 4 is 32.8 Å². The van der Waals surface area contributed by atoms with Gasteiger partial charge in [-0.1, -0.05) is 0 Å². The summed E-state index contributed by atoms with van der Waals surface area (Å²) in [5, 5.41) is 29.3. The van der Waals surface area contributed by atoms with Crippen molar-refractivity contribution < 1.29 is 15.3 Å². The second kappa shape index (κ2) is 4.41. The van der Waals surface area contributed by atoms with Crippen molar-refractivity contribution in [3.05, 3.63) is 17.0 Å². The third kappa shape index (κ3) is 1.83. The number of rotatable bonds is 1. The van der Waals surface area contributed by atoms with E-state index in [1.165, 1.54) is 6.33 Å². The summed E-state index contributed by atoms with van der Waals surface area (Å²) in [7, 11) is 0. The fraction of sp³-hybridized carbons (Fsp3) is 0.455. The number of hydrogen-bond acceptors (Lipinski definition) is 6. The summed E-state index contributed by atoms with van der Waals surface area (Å²) in [5.41, 5.74) is 6.98. The lowest BCUT2D eigenvalue weighted by Gasteiger charge is -2.18. The molecule has 19 heavy (non-hydrogen) atoms. The van der Waals surface area contributed by atoms with Crippen LogP contribution in [0.4, 0.5) is 5.82 Å². The smallest absolute Gasteiger partial charge is 0.151 e. The molecule has 2 aromatic rings. The molecule has 4 atom stereocenters. The summed E-state index contributed by atoms with van der Waals surface area (Å²) in [6.07, 6.45) is 0.197. The van der Waals surface area contributed by atoms with Crippen LogP contribution < -0.4 is 5.73 Å². The van der Waals surface area contributed by atoms with Gasteiger partial charge in [0.1, 0.15) is 17.7 Å². The Bertz CT molecular complexity index is 632. The summed E-state index contributed by atoms with van der Waals surface area (Å²) in [6.45, 7) is 0. The quantitative estimate of drug-likeness (QED) is 0.576. The van der Waals surface area contributed by atoms with Gasteiger partial charge in [0.15, 0.2) is 5.82 Å². The summed E-state index contributed by atoms with van der Waals surface area (Å²) in [5.74, 6) is 0.297. The summed E-state index contributed by atoms with van der Waals surface area (Å²) >= 11 is 3.37. The minimum absolute atomic E-state index is 0.252. The second-order valence-corrected chi connectivity index (χ2v) is 5.55. The topological polar surface area (TPSA) is 117 Å². The van der Waals surface area contributed by atoms with E-state index >= 15 is 0 Å². The van der Waals surface area contributed by atoms with Crippen LogP contribution in [0.1, 0.15) is 12.5 Å². The van der Waals surface area contributed by atoms with Crippen molar-refractivity contribution in [2.24, 2.45) is 0 Å². The van der Waals surface area contributed by atoms with Crippen molar-refractivity contribution in [1.29, 1.82) is 0 Å². The highest BCUT2D eigenvalue weighted by Crippen LogP contribution is 2.36.